The average Bonchev–Trinajstić information content (AvgIpc) is 2.43. The second-order valence-corrected chi connectivity index (χ2v) is 3.79. The van der Waals surface area contributed by atoms with Gasteiger partial charge in [0.05, 0.1) is 13.7 Å². The third-order valence-corrected chi connectivity index (χ3v) is 2.44. The maximum absolute atomic E-state index is 5.55. The van der Waals surface area contributed by atoms with Gasteiger partial charge in [0.15, 0.2) is 5.96 Å². The summed E-state index contributed by atoms with van der Waals surface area (Å²) in [5, 5.41) is 2.98. The number of hydrogen-bond acceptors (Lipinski definition) is 3. The van der Waals surface area contributed by atoms with Crippen LogP contribution in [0.15, 0.2) is 29.3 Å². The summed E-state index contributed by atoms with van der Waals surface area (Å²) in [6.45, 7) is 2.07. The Bertz CT molecular complexity index is 363. The first-order valence-corrected chi connectivity index (χ1v) is 5.93. The Morgan fingerprint density at radius 3 is 2.67 bits per heavy atom. The molecule has 0 spiro atoms. The van der Waals surface area contributed by atoms with E-state index in [0.29, 0.717) is 19.2 Å². The van der Waals surface area contributed by atoms with E-state index in [1.165, 1.54) is 0 Å². The molecule has 0 aliphatic rings. The molecule has 0 atom stereocenters. The molecule has 0 heterocycles. The summed E-state index contributed by atoms with van der Waals surface area (Å²) in [6.07, 6.45) is 0.895. The molecule has 0 fully saturated rings. The first kappa shape index (κ1) is 14.3. The molecule has 0 aliphatic carbocycles. The Kier molecular flexibility index (Phi) is 6.64. The van der Waals surface area contributed by atoms with E-state index >= 15 is 0 Å². The number of benzene rings is 1. The van der Waals surface area contributed by atoms with Gasteiger partial charge >= 0.3 is 0 Å². The zero-order valence-corrected chi connectivity index (χ0v) is 11.0. The Morgan fingerprint density at radius 1 is 1.33 bits per heavy atom. The lowest BCUT2D eigenvalue weighted by Gasteiger charge is -2.06. The van der Waals surface area contributed by atoms with Crippen LogP contribution in [0, 0.1) is 0 Å². The monoisotopic (exact) mass is 251 g/mol. The Labute approximate surface area is 108 Å². The number of ether oxygens (including phenoxy) is 2. The quantitative estimate of drug-likeness (QED) is 0.433. The number of methoxy groups -OCH3 is 1. The number of nitrogens with one attached hydrogen (secondary N) is 1. The van der Waals surface area contributed by atoms with Crippen LogP contribution in [-0.4, -0.2) is 33.3 Å². The molecule has 5 heteroatoms. The molecule has 3 N–H and O–H groups in total. The highest BCUT2D eigenvalue weighted by atomic mass is 16.5. The Balaban J connectivity index is 2.10. The van der Waals surface area contributed by atoms with Crippen LogP contribution in [0.3, 0.4) is 0 Å². The fourth-order valence-electron chi connectivity index (χ4n) is 1.38. The summed E-state index contributed by atoms with van der Waals surface area (Å²) in [4.78, 5) is 3.80. The van der Waals surface area contributed by atoms with Crippen molar-refractivity contribution in [3.05, 3.63) is 29.8 Å². The smallest absolute Gasteiger partial charge is 0.188 e. The molecule has 1 rings (SSSR count). The Morgan fingerprint density at radius 2 is 2.06 bits per heavy atom. The first-order valence-electron chi connectivity index (χ1n) is 5.93. The Hall–Kier alpha value is -1.75. The number of rotatable bonds is 7. The van der Waals surface area contributed by atoms with Crippen molar-refractivity contribution in [3.63, 3.8) is 0 Å². The molecule has 0 saturated heterocycles. The lowest BCUT2D eigenvalue weighted by Crippen LogP contribution is -2.32. The topological polar surface area (TPSA) is 68.9 Å². The fraction of sp³-hybridized carbons (Fsp3) is 0.462. The van der Waals surface area contributed by atoms with Crippen LogP contribution in [-0.2, 0) is 11.3 Å². The SMILES string of the molecule is CN=C(N)NCCCOCc1ccc(OC)cc1. The van der Waals surface area contributed by atoms with E-state index < -0.39 is 0 Å². The lowest BCUT2D eigenvalue weighted by atomic mass is 10.2. The standard InChI is InChI=1S/C13H21N3O2/c1-15-13(14)16-8-3-9-18-10-11-4-6-12(17-2)7-5-11/h4-7H,3,8-10H2,1-2H3,(H3,14,15,16). The average molecular weight is 251 g/mol. The summed E-state index contributed by atoms with van der Waals surface area (Å²) in [6, 6.07) is 7.86. The van der Waals surface area contributed by atoms with Crippen molar-refractivity contribution in [1.82, 2.24) is 5.32 Å². The van der Waals surface area contributed by atoms with Gasteiger partial charge < -0.3 is 20.5 Å². The van der Waals surface area contributed by atoms with Crippen LogP contribution in [0.4, 0.5) is 0 Å². The van der Waals surface area contributed by atoms with Crippen LogP contribution in [0.2, 0.25) is 0 Å². The minimum atomic E-state index is 0.463. The number of guanidine groups is 1. The predicted octanol–water partition coefficient (Wildman–Crippen LogP) is 1.14. The predicted molar refractivity (Wildman–Crippen MR) is 72.8 cm³/mol. The maximum Gasteiger partial charge on any atom is 0.188 e. The van der Waals surface area contributed by atoms with Crippen LogP contribution >= 0.6 is 0 Å². The third kappa shape index (κ3) is 5.54. The van der Waals surface area contributed by atoms with Crippen molar-refractivity contribution < 1.29 is 9.47 Å². The van der Waals surface area contributed by atoms with Crippen molar-refractivity contribution in [3.8, 4) is 5.75 Å². The van der Waals surface area contributed by atoms with Crippen LogP contribution < -0.4 is 15.8 Å². The highest BCUT2D eigenvalue weighted by Gasteiger charge is 1.95. The van der Waals surface area contributed by atoms with Crippen molar-refractivity contribution in [1.29, 1.82) is 0 Å². The van der Waals surface area contributed by atoms with E-state index in [4.69, 9.17) is 15.2 Å². The summed E-state index contributed by atoms with van der Waals surface area (Å²) in [5.41, 5.74) is 6.63. The van der Waals surface area contributed by atoms with Gasteiger partial charge in [-0.25, -0.2) is 0 Å². The minimum Gasteiger partial charge on any atom is -0.497 e. The van der Waals surface area contributed by atoms with E-state index in [2.05, 4.69) is 10.3 Å². The van der Waals surface area contributed by atoms with Gasteiger partial charge in [-0.15, -0.1) is 0 Å². The van der Waals surface area contributed by atoms with E-state index in [1.54, 1.807) is 14.2 Å². The van der Waals surface area contributed by atoms with Gasteiger partial charge in [0, 0.05) is 20.2 Å². The van der Waals surface area contributed by atoms with Gasteiger partial charge in [-0.3, -0.25) is 4.99 Å². The summed E-state index contributed by atoms with van der Waals surface area (Å²) < 4.78 is 10.6. The van der Waals surface area contributed by atoms with Crippen molar-refractivity contribution in [2.75, 3.05) is 27.3 Å². The van der Waals surface area contributed by atoms with E-state index in [9.17, 15) is 0 Å². The van der Waals surface area contributed by atoms with Crippen molar-refractivity contribution >= 4 is 5.96 Å². The number of aliphatic imine (C=N–C) groups is 1. The molecule has 0 unspecified atom stereocenters. The van der Waals surface area contributed by atoms with Gasteiger partial charge in [0.1, 0.15) is 5.75 Å². The molecule has 0 amide bonds. The molecule has 1 aromatic rings. The molecular formula is C13H21N3O2. The summed E-state index contributed by atoms with van der Waals surface area (Å²) in [5.74, 6) is 1.32. The second kappa shape index (κ2) is 8.36. The van der Waals surface area contributed by atoms with Gasteiger partial charge in [-0.05, 0) is 24.1 Å². The van der Waals surface area contributed by atoms with E-state index in [-0.39, 0.29) is 0 Å². The van der Waals surface area contributed by atoms with Crippen molar-refractivity contribution in [2.24, 2.45) is 10.7 Å². The van der Waals surface area contributed by atoms with Crippen LogP contribution in [0.5, 0.6) is 5.75 Å². The van der Waals surface area contributed by atoms with E-state index in [1.807, 2.05) is 24.3 Å². The highest BCUT2D eigenvalue weighted by molar-refractivity contribution is 5.77. The first-order chi connectivity index (χ1) is 8.76. The maximum atomic E-state index is 5.55. The minimum absolute atomic E-state index is 0.463. The molecule has 0 saturated carbocycles. The molecule has 100 valence electrons. The van der Waals surface area contributed by atoms with Crippen LogP contribution in [0.25, 0.3) is 0 Å². The van der Waals surface area contributed by atoms with Gasteiger partial charge in [0.25, 0.3) is 0 Å². The zero-order chi connectivity index (χ0) is 13.2. The van der Waals surface area contributed by atoms with Crippen molar-refractivity contribution in [2.45, 2.75) is 13.0 Å². The lowest BCUT2D eigenvalue weighted by molar-refractivity contribution is 0.119. The normalized spacial score (nSPS) is 11.3. The number of nitrogens with zero attached hydrogens (tertiary/aromatic N) is 1. The summed E-state index contributed by atoms with van der Waals surface area (Å²) >= 11 is 0. The largest absolute Gasteiger partial charge is 0.497 e. The molecule has 18 heavy (non-hydrogen) atoms. The van der Waals surface area contributed by atoms with E-state index in [0.717, 1.165) is 24.3 Å². The second-order valence-electron chi connectivity index (χ2n) is 3.79. The highest BCUT2D eigenvalue weighted by Crippen LogP contribution is 2.11. The fourth-order valence-corrected chi connectivity index (χ4v) is 1.38. The van der Waals surface area contributed by atoms with Gasteiger partial charge in [0.2, 0.25) is 0 Å². The molecule has 0 bridgehead atoms. The molecular weight excluding hydrogens is 230 g/mol. The zero-order valence-electron chi connectivity index (χ0n) is 11.0. The molecule has 5 nitrogen and oxygen atoms in total. The number of hydrogen-bond donors (Lipinski definition) is 2. The molecule has 0 aliphatic heterocycles. The molecule has 0 aromatic heterocycles. The summed E-state index contributed by atoms with van der Waals surface area (Å²) in [7, 11) is 3.31. The molecule has 1 aromatic carbocycles. The van der Waals surface area contributed by atoms with Gasteiger partial charge in [-0.1, -0.05) is 12.1 Å². The molecule has 0 radical (unpaired) electrons. The number of nitrogens with two attached hydrogens (primary N) is 1. The third-order valence-electron chi connectivity index (χ3n) is 2.44. The van der Waals surface area contributed by atoms with Crippen LogP contribution in [0.1, 0.15) is 12.0 Å². The van der Waals surface area contributed by atoms with Gasteiger partial charge in [-0.2, -0.15) is 0 Å².